The molecule has 0 aliphatic carbocycles. The summed E-state index contributed by atoms with van der Waals surface area (Å²) in [6.45, 7) is 4.37. The number of benzene rings is 1. The van der Waals surface area contributed by atoms with Gasteiger partial charge in [-0.2, -0.15) is 0 Å². The van der Waals surface area contributed by atoms with Crippen molar-refractivity contribution >= 4 is 107 Å². The van der Waals surface area contributed by atoms with Crippen molar-refractivity contribution < 1.29 is 9.05 Å². The minimum absolute atomic E-state index is 0.329. The van der Waals surface area contributed by atoms with Crippen LogP contribution in [0.15, 0.2) is 51.8 Å². The number of hydrogen-bond acceptors (Lipinski definition) is 11. The number of fused-ring (bicyclic) bond motifs is 2. The molecule has 0 radical (unpaired) electrons. The number of hydrogen-bond donors (Lipinski definition) is 1. The SMILES string of the molecule is Cc1sc2nc(-c3ccno3)nc(Cl)c2c1Cl.Cc1sc2nc(-c3ccno3)nc(NCc3ccc(Cl)c(Cl)c3)c2c1Cl. The van der Waals surface area contributed by atoms with E-state index in [1.807, 2.05) is 26.0 Å². The molecule has 7 rings (SSSR count). The van der Waals surface area contributed by atoms with Crippen LogP contribution < -0.4 is 5.32 Å². The molecule has 0 aliphatic rings. The van der Waals surface area contributed by atoms with Crippen LogP contribution in [0.5, 0.6) is 0 Å². The molecule has 7 aromatic rings. The number of aryl methyl sites for hydroxylation is 2. The van der Waals surface area contributed by atoms with Crippen molar-refractivity contribution in [1.29, 1.82) is 0 Å². The number of nitrogens with zero attached hydrogens (tertiary/aromatic N) is 6. The van der Waals surface area contributed by atoms with E-state index < -0.39 is 0 Å². The molecule has 0 aliphatic heterocycles. The van der Waals surface area contributed by atoms with Gasteiger partial charge < -0.3 is 14.4 Å². The van der Waals surface area contributed by atoms with Crippen LogP contribution in [0.4, 0.5) is 5.82 Å². The van der Waals surface area contributed by atoms with Crippen LogP contribution in [0.1, 0.15) is 15.3 Å². The number of nitrogens with one attached hydrogen (secondary N) is 1. The highest BCUT2D eigenvalue weighted by molar-refractivity contribution is 7.19. The Bertz CT molecular complexity index is 2080. The third kappa shape index (κ3) is 6.16. The minimum Gasteiger partial charge on any atom is -0.365 e. The number of aromatic nitrogens is 6. The Balaban J connectivity index is 0.000000167. The molecular weight excluding hydrogens is 696 g/mol. The number of halogens is 5. The quantitative estimate of drug-likeness (QED) is 0.174. The third-order valence-electron chi connectivity index (χ3n) is 6.02. The highest BCUT2D eigenvalue weighted by atomic mass is 35.5. The monoisotopic (exact) mass is 709 g/mol. The fourth-order valence-corrected chi connectivity index (χ4v) is 7.18. The van der Waals surface area contributed by atoms with E-state index in [4.69, 9.17) is 67.1 Å². The number of anilines is 1. The molecule has 43 heavy (non-hydrogen) atoms. The van der Waals surface area contributed by atoms with Gasteiger partial charge in [0.15, 0.2) is 0 Å². The first-order valence-corrected chi connectivity index (χ1v) is 15.8. The molecule has 6 aromatic heterocycles. The van der Waals surface area contributed by atoms with Crippen LogP contribution in [0.2, 0.25) is 25.2 Å². The molecule has 0 fully saturated rings. The van der Waals surface area contributed by atoms with Crippen LogP contribution in [0.25, 0.3) is 43.6 Å². The molecule has 0 unspecified atom stereocenters. The van der Waals surface area contributed by atoms with Crippen LogP contribution in [0.3, 0.4) is 0 Å². The maximum absolute atomic E-state index is 6.47. The minimum atomic E-state index is 0.329. The predicted octanol–water partition coefficient (Wildman–Crippen LogP) is 10.2. The van der Waals surface area contributed by atoms with Crippen LogP contribution >= 0.6 is 80.7 Å². The number of thiophene rings is 2. The Kier molecular flexibility index (Phi) is 8.74. The first-order valence-electron chi connectivity index (χ1n) is 12.3. The number of rotatable bonds is 5. The van der Waals surface area contributed by atoms with Gasteiger partial charge in [-0.05, 0) is 31.5 Å². The van der Waals surface area contributed by atoms with Crippen molar-refractivity contribution in [2.45, 2.75) is 20.4 Å². The largest absolute Gasteiger partial charge is 0.365 e. The Morgan fingerprint density at radius 3 is 1.86 bits per heavy atom. The molecule has 0 saturated heterocycles. The van der Waals surface area contributed by atoms with Gasteiger partial charge in [0.1, 0.15) is 20.6 Å². The summed E-state index contributed by atoms with van der Waals surface area (Å²) in [4.78, 5) is 21.1. The van der Waals surface area contributed by atoms with Crippen LogP contribution in [-0.4, -0.2) is 30.2 Å². The van der Waals surface area contributed by atoms with Gasteiger partial charge in [-0.3, -0.25) is 0 Å². The second-order valence-corrected chi connectivity index (χ2v) is 13.2. The molecule has 0 amide bonds. The summed E-state index contributed by atoms with van der Waals surface area (Å²) in [5, 5.41) is 14.7. The molecular formula is C27H16Cl5N7O2S2. The average molecular weight is 712 g/mol. The van der Waals surface area contributed by atoms with Gasteiger partial charge in [-0.1, -0.05) is 74.4 Å². The lowest BCUT2D eigenvalue weighted by Gasteiger charge is -2.09. The van der Waals surface area contributed by atoms with E-state index in [0.29, 0.717) is 66.2 Å². The highest BCUT2D eigenvalue weighted by Gasteiger charge is 2.19. The van der Waals surface area contributed by atoms with E-state index >= 15 is 0 Å². The van der Waals surface area contributed by atoms with E-state index in [0.717, 1.165) is 30.4 Å². The fraction of sp³-hybridized carbons (Fsp3) is 0.111. The van der Waals surface area contributed by atoms with E-state index in [1.165, 1.54) is 28.9 Å². The summed E-state index contributed by atoms with van der Waals surface area (Å²) in [7, 11) is 0. The summed E-state index contributed by atoms with van der Waals surface area (Å²) in [6, 6.07) is 8.87. The van der Waals surface area contributed by atoms with Crippen molar-refractivity contribution in [1.82, 2.24) is 30.2 Å². The van der Waals surface area contributed by atoms with Crippen LogP contribution in [-0.2, 0) is 6.54 Å². The predicted molar refractivity (Wildman–Crippen MR) is 174 cm³/mol. The summed E-state index contributed by atoms with van der Waals surface area (Å²) in [6.07, 6.45) is 3.09. The van der Waals surface area contributed by atoms with Gasteiger partial charge in [-0.25, -0.2) is 19.9 Å². The molecule has 6 heterocycles. The van der Waals surface area contributed by atoms with Crippen molar-refractivity contribution in [3.8, 4) is 23.2 Å². The molecule has 9 nitrogen and oxygen atoms in total. The zero-order chi connectivity index (χ0) is 30.2. The molecule has 218 valence electrons. The molecule has 1 N–H and O–H groups in total. The topological polar surface area (TPSA) is 116 Å². The van der Waals surface area contributed by atoms with Gasteiger partial charge in [0.05, 0.1) is 43.3 Å². The summed E-state index contributed by atoms with van der Waals surface area (Å²) in [5.74, 6) is 2.46. The van der Waals surface area contributed by atoms with Crippen molar-refractivity contribution in [3.05, 3.63) is 83.3 Å². The van der Waals surface area contributed by atoms with Gasteiger partial charge in [-0.15, -0.1) is 22.7 Å². The lowest BCUT2D eigenvalue weighted by molar-refractivity contribution is 0.429. The van der Waals surface area contributed by atoms with E-state index in [-0.39, 0.29) is 0 Å². The summed E-state index contributed by atoms with van der Waals surface area (Å²) < 4.78 is 10.2. The van der Waals surface area contributed by atoms with E-state index in [9.17, 15) is 0 Å². The average Bonchev–Trinajstić information content (AvgIpc) is 3.79. The van der Waals surface area contributed by atoms with Crippen molar-refractivity contribution in [2.75, 3.05) is 5.32 Å². The van der Waals surface area contributed by atoms with Crippen molar-refractivity contribution in [2.24, 2.45) is 0 Å². The molecule has 16 heteroatoms. The summed E-state index contributed by atoms with van der Waals surface area (Å²) >= 11 is 33.8. The Morgan fingerprint density at radius 1 is 0.698 bits per heavy atom. The second-order valence-electron chi connectivity index (χ2n) is 8.89. The molecule has 0 bridgehead atoms. The van der Waals surface area contributed by atoms with Gasteiger partial charge in [0, 0.05) is 28.4 Å². The summed E-state index contributed by atoms with van der Waals surface area (Å²) in [5.41, 5.74) is 0.968. The molecule has 0 atom stereocenters. The zero-order valence-electron chi connectivity index (χ0n) is 22.0. The van der Waals surface area contributed by atoms with Gasteiger partial charge >= 0.3 is 0 Å². The van der Waals surface area contributed by atoms with Gasteiger partial charge in [0.25, 0.3) is 0 Å². The molecule has 1 aromatic carbocycles. The third-order valence-corrected chi connectivity index (χ3v) is 10.2. The van der Waals surface area contributed by atoms with Crippen LogP contribution in [0, 0.1) is 13.8 Å². The van der Waals surface area contributed by atoms with E-state index in [2.05, 4.69) is 35.6 Å². The lowest BCUT2D eigenvalue weighted by Crippen LogP contribution is -2.03. The smallest absolute Gasteiger partial charge is 0.204 e. The lowest BCUT2D eigenvalue weighted by atomic mass is 10.2. The Labute approximate surface area is 276 Å². The molecule has 0 saturated carbocycles. The Morgan fingerprint density at radius 2 is 1.28 bits per heavy atom. The standard InChI is InChI=1S/C17H11Cl3N4OS.C10H5Cl2N3OS/c1-8-14(20)13-16(21-7-9-2-3-10(18)11(19)6-9)23-15(24-17(13)26-8)12-4-5-22-25-12;1-4-7(11)6-8(12)14-9(15-10(6)17-4)5-2-3-13-16-5/h2-6H,7H2,1H3,(H,21,23,24);2-3H,1H3. The first-order chi connectivity index (χ1) is 20.7. The Hall–Kier alpha value is -3.03. The highest BCUT2D eigenvalue weighted by Crippen LogP contribution is 2.40. The molecule has 0 spiro atoms. The van der Waals surface area contributed by atoms with E-state index in [1.54, 1.807) is 24.4 Å². The second kappa shape index (κ2) is 12.5. The maximum Gasteiger partial charge on any atom is 0.204 e. The van der Waals surface area contributed by atoms with Crippen molar-refractivity contribution in [3.63, 3.8) is 0 Å². The fourth-order valence-electron chi connectivity index (χ4n) is 3.96. The normalized spacial score (nSPS) is 11.2. The maximum atomic E-state index is 6.47. The zero-order valence-corrected chi connectivity index (χ0v) is 27.4. The van der Waals surface area contributed by atoms with Gasteiger partial charge in [0.2, 0.25) is 23.2 Å². The first kappa shape index (κ1) is 30.0.